The minimum atomic E-state index is -2.90. The number of hydrogen-bond donors (Lipinski definition) is 4. The molecule has 0 spiro atoms. The van der Waals surface area contributed by atoms with Crippen molar-refractivity contribution >= 4 is 39.4 Å². The Hall–Kier alpha value is -5.81. The lowest BCUT2D eigenvalue weighted by molar-refractivity contribution is -0.142. The molecule has 0 bridgehead atoms. The normalized spacial score (nSPS) is 19.5. The lowest BCUT2D eigenvalue weighted by Crippen LogP contribution is -2.47. The quantitative estimate of drug-likeness (QED) is 0.0860. The molecule has 6 aromatic rings. The van der Waals surface area contributed by atoms with Crippen LogP contribution in [-0.4, -0.2) is 98.5 Å². The van der Waals surface area contributed by atoms with Crippen LogP contribution in [-0.2, 0) is 22.6 Å². The molecule has 16 heteroatoms. The second-order valence-corrected chi connectivity index (χ2v) is 15.9. The molecule has 61 heavy (non-hydrogen) atoms. The number of fused-ring (bicyclic) bond motifs is 2. The van der Waals surface area contributed by atoms with Crippen molar-refractivity contribution in [3.8, 4) is 28.3 Å². The van der Waals surface area contributed by atoms with Gasteiger partial charge in [0.15, 0.2) is 11.6 Å². The molecular weight excluding hydrogens is 787 g/mol. The van der Waals surface area contributed by atoms with Crippen LogP contribution in [0, 0.1) is 12.8 Å². The predicted molar refractivity (Wildman–Crippen MR) is 227 cm³/mol. The maximum atomic E-state index is 14.2. The Morgan fingerprint density at radius 1 is 1.00 bits per heavy atom. The molecule has 1 saturated heterocycles. The number of rotatable bonds is 14. The number of halogens is 2. The molecule has 4 heterocycles. The van der Waals surface area contributed by atoms with Gasteiger partial charge in [0, 0.05) is 61.2 Å². The Labute approximate surface area is 351 Å². The van der Waals surface area contributed by atoms with E-state index in [2.05, 4.69) is 30.5 Å². The van der Waals surface area contributed by atoms with Crippen molar-refractivity contribution in [2.45, 2.75) is 76.7 Å². The molecule has 8 rings (SSSR count). The van der Waals surface area contributed by atoms with Gasteiger partial charge in [0.2, 0.25) is 0 Å². The molecule has 1 aliphatic carbocycles. The fraction of sp³-hybridized carbons (Fsp3) is 0.400. The average Bonchev–Trinajstić information content (AvgIpc) is 3.71. The number of nitrogens with one attached hydrogen (secondary N) is 2. The van der Waals surface area contributed by atoms with Crippen molar-refractivity contribution in [1.29, 1.82) is 0 Å². The first-order valence-electron chi connectivity index (χ1n) is 20.5. The Kier molecular flexibility index (Phi) is 12.4. The fourth-order valence-electron chi connectivity index (χ4n) is 8.69. The molecule has 2 atom stereocenters. The van der Waals surface area contributed by atoms with Gasteiger partial charge >= 0.3 is 5.97 Å². The van der Waals surface area contributed by atoms with E-state index in [0.29, 0.717) is 67.4 Å². The molecule has 0 unspecified atom stereocenters. The first-order valence-corrected chi connectivity index (χ1v) is 20.5. The van der Waals surface area contributed by atoms with E-state index in [1.165, 1.54) is 0 Å². The molecule has 2 fully saturated rings. The van der Waals surface area contributed by atoms with Crippen LogP contribution < -0.4 is 20.1 Å². The topological polar surface area (TPSA) is 169 Å². The molecule has 1 saturated carbocycles. The van der Waals surface area contributed by atoms with Gasteiger partial charge in [0.05, 0.1) is 61.3 Å². The average molecular weight is 837 g/mol. The Morgan fingerprint density at radius 3 is 2.44 bits per heavy atom. The van der Waals surface area contributed by atoms with E-state index in [1.807, 2.05) is 73.4 Å². The molecule has 0 radical (unpaired) electrons. The van der Waals surface area contributed by atoms with Gasteiger partial charge in [-0.25, -0.2) is 23.4 Å². The number of ether oxygens (including phenoxy) is 3. The summed E-state index contributed by atoms with van der Waals surface area (Å²) in [5, 5.41) is 32.4. The minimum absolute atomic E-state index is 0.0625. The number of aliphatic hydroxyl groups excluding tert-OH is 1. The number of carboxylic acids is 1. The zero-order chi connectivity index (χ0) is 42.8. The monoisotopic (exact) mass is 836 g/mol. The number of benzene rings is 3. The zero-order valence-electron chi connectivity index (χ0n) is 34.6. The highest BCUT2D eigenvalue weighted by Gasteiger charge is 2.29. The summed E-state index contributed by atoms with van der Waals surface area (Å²) in [4.78, 5) is 26.5. The Balaban J connectivity index is 1.07. The number of methoxy groups -OCH3 is 2. The smallest absolute Gasteiger partial charge is 0.306 e. The zero-order valence-corrected chi connectivity index (χ0v) is 34.6. The van der Waals surface area contributed by atoms with E-state index >= 15 is 0 Å². The summed E-state index contributed by atoms with van der Waals surface area (Å²) in [6.07, 6.45) is 3.47. The molecule has 4 N–H and O–H groups in total. The maximum absolute atomic E-state index is 14.2. The van der Waals surface area contributed by atoms with Gasteiger partial charge < -0.3 is 35.1 Å². The summed E-state index contributed by atoms with van der Waals surface area (Å²) < 4.78 is 47.5. The molecular formula is C45H50F2N8O6. The third-order valence-electron chi connectivity index (χ3n) is 12.1. The first-order chi connectivity index (χ1) is 29.5. The number of hydrogen-bond acceptors (Lipinski definition) is 12. The number of nitrogens with zero attached hydrogens (tertiary/aromatic N) is 6. The van der Waals surface area contributed by atoms with Crippen molar-refractivity contribution in [3.63, 3.8) is 0 Å². The summed E-state index contributed by atoms with van der Waals surface area (Å²) in [5.74, 6) is -0.244. The number of aliphatic carboxylic acids is 1. The third kappa shape index (κ3) is 8.71. The van der Waals surface area contributed by atoms with Crippen LogP contribution in [0.3, 0.4) is 0 Å². The van der Waals surface area contributed by atoms with Crippen LogP contribution in [0.15, 0.2) is 67.0 Å². The summed E-state index contributed by atoms with van der Waals surface area (Å²) in [5.41, 5.74) is 7.21. The lowest BCUT2D eigenvalue weighted by atomic mass is 9.86. The highest BCUT2D eigenvalue weighted by atomic mass is 19.3. The van der Waals surface area contributed by atoms with Crippen LogP contribution in [0.5, 0.6) is 11.5 Å². The Morgan fingerprint density at radius 2 is 1.74 bits per heavy atom. The second-order valence-electron chi connectivity index (χ2n) is 15.9. The predicted octanol–water partition coefficient (Wildman–Crippen LogP) is 7.35. The van der Waals surface area contributed by atoms with E-state index in [-0.39, 0.29) is 23.8 Å². The number of anilines is 2. The van der Waals surface area contributed by atoms with Crippen molar-refractivity contribution < 1.29 is 38.0 Å². The Bertz CT molecular complexity index is 2520. The molecule has 2 aliphatic rings. The fourth-order valence-corrected chi connectivity index (χ4v) is 8.69. The summed E-state index contributed by atoms with van der Waals surface area (Å²) in [6.45, 7) is 3.79. The first kappa shape index (κ1) is 41.9. The standard InChI is InChI=1S/C45H50F2N8O6/c1-25-30(7-5-9-34(25)51-43-41-35(52-44(53-43)42(46)47)17-26(21-49-41)20-48-28-13-11-27(12-14-28)45(57)58)31-8-6-10-36-32(31)22-50-55(36)29-18-39(59-3)33(40(19-29)60-4)23-54(2)37-15-16-61-24-38(37)56/h5-10,17-19,21-22,27-28,37-38,42,48,56H,11-16,20,23-24H2,1-4H3,(H,57,58)(H,51,52,53)/t27?,28?,37-,38+/m1/s1. The highest BCUT2D eigenvalue weighted by Crippen LogP contribution is 2.39. The number of pyridine rings is 1. The lowest BCUT2D eigenvalue weighted by Gasteiger charge is -2.35. The molecule has 0 amide bonds. The molecule has 320 valence electrons. The SMILES string of the molecule is COc1cc(-n2ncc3c(-c4cccc(Nc5nc(C(F)F)nc6cc(CNC7CCC(C(=O)O)CC7)cnc56)c4C)cccc32)cc(OC)c1CN(C)[C@@H]1CCOC[C@@H]1O. The number of likely N-dealkylation sites (N-methyl/N-ethyl adjacent to an activating group) is 1. The number of alkyl halides is 2. The van der Waals surface area contributed by atoms with E-state index < -0.39 is 24.3 Å². The van der Waals surface area contributed by atoms with Crippen molar-refractivity contribution in [1.82, 2.24) is 34.9 Å². The molecule has 3 aromatic carbocycles. The van der Waals surface area contributed by atoms with Gasteiger partial charge in [-0.15, -0.1) is 0 Å². The molecule has 3 aromatic heterocycles. The maximum Gasteiger partial charge on any atom is 0.306 e. The summed E-state index contributed by atoms with van der Waals surface area (Å²) in [7, 11) is 5.22. The van der Waals surface area contributed by atoms with Crippen molar-refractivity contribution in [3.05, 3.63) is 89.5 Å². The number of carboxylic acid groups (broad SMARTS) is 1. The van der Waals surface area contributed by atoms with Crippen molar-refractivity contribution in [2.75, 3.05) is 39.8 Å². The second kappa shape index (κ2) is 18.0. The largest absolute Gasteiger partial charge is 0.496 e. The van der Waals surface area contributed by atoms with Crippen LogP contribution >= 0.6 is 0 Å². The van der Waals surface area contributed by atoms with Crippen LogP contribution in [0.1, 0.15) is 61.0 Å². The van der Waals surface area contributed by atoms with Gasteiger partial charge in [-0.2, -0.15) is 5.10 Å². The van der Waals surface area contributed by atoms with E-state index in [9.17, 15) is 23.8 Å². The van der Waals surface area contributed by atoms with Gasteiger partial charge in [0.25, 0.3) is 6.43 Å². The van der Waals surface area contributed by atoms with E-state index in [0.717, 1.165) is 63.7 Å². The number of aliphatic hydroxyl groups is 1. The molecule has 14 nitrogen and oxygen atoms in total. The van der Waals surface area contributed by atoms with E-state index in [4.69, 9.17) is 19.3 Å². The summed E-state index contributed by atoms with van der Waals surface area (Å²) in [6, 6.07) is 17.5. The van der Waals surface area contributed by atoms with Crippen LogP contribution in [0.2, 0.25) is 0 Å². The van der Waals surface area contributed by atoms with Crippen molar-refractivity contribution in [2.24, 2.45) is 5.92 Å². The van der Waals surface area contributed by atoms with E-state index in [1.54, 1.807) is 26.5 Å². The van der Waals surface area contributed by atoms with Gasteiger partial charge in [0.1, 0.15) is 17.0 Å². The minimum Gasteiger partial charge on any atom is -0.496 e. The van der Waals surface area contributed by atoms with Gasteiger partial charge in [-0.05, 0) is 86.5 Å². The van der Waals surface area contributed by atoms with Crippen LogP contribution in [0.4, 0.5) is 20.3 Å². The highest BCUT2D eigenvalue weighted by molar-refractivity contribution is 5.97. The number of carbonyl (C=O) groups is 1. The summed E-state index contributed by atoms with van der Waals surface area (Å²) >= 11 is 0. The number of aromatic nitrogens is 5. The van der Waals surface area contributed by atoms with Gasteiger partial charge in [-0.1, -0.05) is 24.3 Å². The van der Waals surface area contributed by atoms with Crippen LogP contribution in [0.25, 0.3) is 38.8 Å². The molecule has 1 aliphatic heterocycles. The van der Waals surface area contributed by atoms with Gasteiger partial charge in [-0.3, -0.25) is 14.7 Å². The third-order valence-corrected chi connectivity index (χ3v) is 12.1.